The molecular formula is C7H14N2. The molecule has 0 saturated carbocycles. The maximum Gasteiger partial charge on any atom is 0.0636 e. The number of hydrogen-bond acceptors (Lipinski definition) is 2. The zero-order valence-corrected chi connectivity index (χ0v) is 5.93. The van der Waals surface area contributed by atoms with Gasteiger partial charge >= 0.3 is 0 Å². The number of rotatable bonds is 0. The van der Waals surface area contributed by atoms with Gasteiger partial charge in [0, 0.05) is 12.5 Å². The lowest BCUT2D eigenvalue weighted by Gasteiger charge is -2.47. The summed E-state index contributed by atoms with van der Waals surface area (Å²) in [7, 11) is 2.21. The van der Waals surface area contributed by atoms with E-state index in [1.54, 1.807) is 0 Å². The minimum absolute atomic E-state index is 0.735. The van der Waals surface area contributed by atoms with E-state index < -0.39 is 0 Å². The first-order valence-electron chi connectivity index (χ1n) is 3.81. The highest BCUT2D eigenvalue weighted by molar-refractivity contribution is 4.89. The molecule has 0 amide bonds. The molecule has 0 aliphatic carbocycles. The van der Waals surface area contributed by atoms with Crippen LogP contribution in [0, 0.1) is 5.92 Å². The Morgan fingerprint density at radius 1 is 1.56 bits per heavy atom. The summed E-state index contributed by atoms with van der Waals surface area (Å²) in [5.41, 5.74) is 0. The molecule has 2 aliphatic rings. The molecule has 0 bridgehead atoms. The molecule has 0 spiro atoms. The van der Waals surface area contributed by atoms with Gasteiger partial charge in [0.1, 0.15) is 0 Å². The third-order valence-corrected chi connectivity index (χ3v) is 2.60. The maximum absolute atomic E-state index is 3.42. The molecule has 1 N–H and O–H groups in total. The number of piperidine rings is 1. The van der Waals surface area contributed by atoms with Gasteiger partial charge < -0.3 is 5.32 Å². The zero-order chi connectivity index (χ0) is 6.27. The SMILES string of the molecule is CN1CCCC2CNC21. The number of nitrogens with one attached hydrogen (secondary N) is 1. The van der Waals surface area contributed by atoms with Gasteiger partial charge in [0.05, 0.1) is 6.17 Å². The second kappa shape index (κ2) is 1.96. The molecule has 2 nitrogen and oxygen atoms in total. The van der Waals surface area contributed by atoms with Gasteiger partial charge in [-0.1, -0.05) is 0 Å². The van der Waals surface area contributed by atoms with Crippen LogP contribution in [-0.4, -0.2) is 31.2 Å². The van der Waals surface area contributed by atoms with Crippen LogP contribution in [-0.2, 0) is 0 Å². The van der Waals surface area contributed by atoms with Crippen molar-refractivity contribution in [3.8, 4) is 0 Å². The molecule has 0 aromatic rings. The molecule has 2 atom stereocenters. The Labute approximate surface area is 56.2 Å². The van der Waals surface area contributed by atoms with Crippen molar-refractivity contribution < 1.29 is 0 Å². The summed E-state index contributed by atoms with van der Waals surface area (Å²) in [6.07, 6.45) is 3.58. The molecule has 2 aliphatic heterocycles. The van der Waals surface area contributed by atoms with Crippen LogP contribution in [0.15, 0.2) is 0 Å². The van der Waals surface area contributed by atoms with Crippen LogP contribution in [0.3, 0.4) is 0 Å². The molecule has 2 fully saturated rings. The van der Waals surface area contributed by atoms with Gasteiger partial charge in [0.25, 0.3) is 0 Å². The summed E-state index contributed by atoms with van der Waals surface area (Å²) < 4.78 is 0. The molecule has 0 aromatic carbocycles. The minimum atomic E-state index is 0.735. The van der Waals surface area contributed by atoms with Crippen LogP contribution in [0.5, 0.6) is 0 Å². The van der Waals surface area contributed by atoms with Gasteiger partial charge in [-0.05, 0) is 26.4 Å². The highest BCUT2D eigenvalue weighted by Crippen LogP contribution is 2.25. The van der Waals surface area contributed by atoms with Crippen molar-refractivity contribution in [2.75, 3.05) is 20.1 Å². The molecule has 2 rings (SSSR count). The molecule has 0 radical (unpaired) electrons. The number of fused-ring (bicyclic) bond motifs is 1. The molecule has 2 heteroatoms. The van der Waals surface area contributed by atoms with Gasteiger partial charge in [0.2, 0.25) is 0 Å². The van der Waals surface area contributed by atoms with Gasteiger partial charge in [0.15, 0.2) is 0 Å². The third-order valence-electron chi connectivity index (χ3n) is 2.60. The fourth-order valence-corrected chi connectivity index (χ4v) is 1.91. The monoisotopic (exact) mass is 126 g/mol. The predicted octanol–water partition coefficient (Wildman–Crippen LogP) is 0.257. The van der Waals surface area contributed by atoms with E-state index in [2.05, 4.69) is 17.3 Å². The highest BCUT2D eigenvalue weighted by atomic mass is 15.3. The number of nitrogens with zero attached hydrogens (tertiary/aromatic N) is 1. The van der Waals surface area contributed by atoms with E-state index >= 15 is 0 Å². The summed E-state index contributed by atoms with van der Waals surface area (Å²) in [4.78, 5) is 2.43. The normalized spacial score (nSPS) is 43.7. The van der Waals surface area contributed by atoms with Crippen LogP contribution >= 0.6 is 0 Å². The number of likely N-dealkylation sites (tertiary alicyclic amines) is 1. The summed E-state index contributed by atoms with van der Waals surface area (Å²) in [6, 6.07) is 0. The van der Waals surface area contributed by atoms with E-state index in [0.29, 0.717) is 0 Å². The molecule has 2 unspecified atom stereocenters. The van der Waals surface area contributed by atoms with Gasteiger partial charge in [-0.25, -0.2) is 0 Å². The second-order valence-corrected chi connectivity index (χ2v) is 3.24. The van der Waals surface area contributed by atoms with Crippen LogP contribution in [0.4, 0.5) is 0 Å². The van der Waals surface area contributed by atoms with E-state index in [1.807, 2.05) is 0 Å². The number of hydrogen-bond donors (Lipinski definition) is 1. The smallest absolute Gasteiger partial charge is 0.0636 e. The predicted molar refractivity (Wildman–Crippen MR) is 37.1 cm³/mol. The molecule has 2 heterocycles. The van der Waals surface area contributed by atoms with Crippen LogP contribution < -0.4 is 5.32 Å². The zero-order valence-electron chi connectivity index (χ0n) is 5.93. The summed E-state index contributed by atoms with van der Waals surface area (Å²) in [6.45, 7) is 2.54. The van der Waals surface area contributed by atoms with Gasteiger partial charge in [-0.15, -0.1) is 0 Å². The highest BCUT2D eigenvalue weighted by Gasteiger charge is 2.35. The summed E-state index contributed by atoms with van der Waals surface area (Å²) in [5.74, 6) is 0.976. The first-order valence-corrected chi connectivity index (χ1v) is 3.81. The molecule has 52 valence electrons. The first-order chi connectivity index (χ1) is 4.38. The largest absolute Gasteiger partial charge is 0.301 e. The Morgan fingerprint density at radius 3 is 2.89 bits per heavy atom. The van der Waals surface area contributed by atoms with Crippen molar-refractivity contribution >= 4 is 0 Å². The standard InChI is InChI=1S/C7H14N2/c1-9-4-2-3-6-5-8-7(6)9/h6-8H,2-5H2,1H3. The van der Waals surface area contributed by atoms with Crippen molar-refractivity contribution in [1.29, 1.82) is 0 Å². The third kappa shape index (κ3) is 0.775. The fourth-order valence-electron chi connectivity index (χ4n) is 1.91. The lowest BCUT2D eigenvalue weighted by atomic mass is 9.88. The van der Waals surface area contributed by atoms with Crippen molar-refractivity contribution in [3.05, 3.63) is 0 Å². The first kappa shape index (κ1) is 5.69. The summed E-state index contributed by atoms with van der Waals surface area (Å²) >= 11 is 0. The van der Waals surface area contributed by atoms with E-state index in [0.717, 1.165) is 12.1 Å². The van der Waals surface area contributed by atoms with E-state index in [1.165, 1.54) is 25.9 Å². The lowest BCUT2D eigenvalue weighted by molar-refractivity contribution is 0.0270. The Hall–Kier alpha value is -0.0800. The average molecular weight is 126 g/mol. The molecule has 2 saturated heterocycles. The van der Waals surface area contributed by atoms with E-state index in [9.17, 15) is 0 Å². The fraction of sp³-hybridized carbons (Fsp3) is 1.00. The Balaban J connectivity index is 1.98. The van der Waals surface area contributed by atoms with Crippen LogP contribution in [0.25, 0.3) is 0 Å². The van der Waals surface area contributed by atoms with Crippen molar-refractivity contribution in [3.63, 3.8) is 0 Å². The minimum Gasteiger partial charge on any atom is -0.301 e. The molecule has 0 aromatic heterocycles. The second-order valence-electron chi connectivity index (χ2n) is 3.24. The quantitative estimate of drug-likeness (QED) is 0.501. The van der Waals surface area contributed by atoms with Crippen molar-refractivity contribution in [2.45, 2.75) is 19.0 Å². The van der Waals surface area contributed by atoms with Gasteiger partial charge in [-0.3, -0.25) is 4.90 Å². The molecular weight excluding hydrogens is 112 g/mol. The van der Waals surface area contributed by atoms with Crippen LogP contribution in [0.2, 0.25) is 0 Å². The Bertz CT molecular complexity index is 107. The topological polar surface area (TPSA) is 15.3 Å². The van der Waals surface area contributed by atoms with Crippen molar-refractivity contribution in [1.82, 2.24) is 10.2 Å². The van der Waals surface area contributed by atoms with Gasteiger partial charge in [-0.2, -0.15) is 0 Å². The van der Waals surface area contributed by atoms with Crippen molar-refractivity contribution in [2.24, 2.45) is 5.92 Å². The Kier molecular flexibility index (Phi) is 1.24. The molecule has 9 heavy (non-hydrogen) atoms. The maximum atomic E-state index is 3.42. The van der Waals surface area contributed by atoms with E-state index in [4.69, 9.17) is 0 Å². The Morgan fingerprint density at radius 2 is 2.44 bits per heavy atom. The van der Waals surface area contributed by atoms with E-state index in [-0.39, 0.29) is 0 Å². The average Bonchev–Trinajstić information content (AvgIpc) is 1.74. The lowest BCUT2D eigenvalue weighted by Crippen LogP contribution is -2.63. The van der Waals surface area contributed by atoms with Crippen LogP contribution in [0.1, 0.15) is 12.8 Å². The summed E-state index contributed by atoms with van der Waals surface area (Å²) in [5, 5.41) is 3.42.